The number of aromatic nitrogens is 1. The normalized spacial score (nSPS) is 21.5. The molecular weight excluding hydrogens is 180 g/mol. The summed E-state index contributed by atoms with van der Waals surface area (Å²) >= 11 is 0. The zero-order chi connectivity index (χ0) is 10.3. The number of H-pyrrole nitrogens is 1. The van der Waals surface area contributed by atoms with Gasteiger partial charge in [0.1, 0.15) is 0 Å². The lowest BCUT2D eigenvalue weighted by Crippen LogP contribution is -2.37. The van der Waals surface area contributed by atoms with Gasteiger partial charge in [-0.05, 0) is 18.3 Å². The second-order valence-corrected chi connectivity index (χ2v) is 4.94. The lowest BCUT2D eigenvalue weighted by Gasteiger charge is -2.33. The predicted octanol–water partition coefficient (Wildman–Crippen LogP) is 1.74. The summed E-state index contributed by atoms with van der Waals surface area (Å²) in [5.41, 5.74) is 0.846. The monoisotopic (exact) mass is 196 g/mol. The summed E-state index contributed by atoms with van der Waals surface area (Å²) in [4.78, 5) is 11.2. The molecule has 1 aliphatic rings. The zero-order valence-corrected chi connectivity index (χ0v) is 8.81. The maximum Gasteiger partial charge on any atom is 0.285 e. The molecule has 0 saturated heterocycles. The van der Waals surface area contributed by atoms with Crippen LogP contribution >= 0.6 is 0 Å². The highest BCUT2D eigenvalue weighted by Gasteiger charge is 2.31. The van der Waals surface area contributed by atoms with Crippen LogP contribution in [0.5, 0.6) is 0 Å². The molecule has 0 aromatic carbocycles. The van der Waals surface area contributed by atoms with E-state index in [-0.39, 0.29) is 11.0 Å². The first-order valence-electron chi connectivity index (χ1n) is 4.95. The molecule has 0 amide bonds. The lowest BCUT2D eigenvalue weighted by atomic mass is 9.82. The molecule has 0 fully saturated rings. The summed E-state index contributed by atoms with van der Waals surface area (Å²) in [5, 5.41) is 5.62. The minimum atomic E-state index is -0.0974. The molecule has 0 aliphatic carbocycles. The highest BCUT2D eigenvalue weighted by atomic mass is 16.5. The topological polar surface area (TPSA) is 58.0 Å². The van der Waals surface area contributed by atoms with Crippen LogP contribution in [0.25, 0.3) is 0 Å². The van der Waals surface area contributed by atoms with Crippen LogP contribution in [0.4, 0.5) is 5.88 Å². The Balaban J connectivity index is 2.26. The van der Waals surface area contributed by atoms with Crippen LogP contribution in [-0.2, 0) is 6.42 Å². The van der Waals surface area contributed by atoms with E-state index in [0.717, 1.165) is 18.4 Å². The van der Waals surface area contributed by atoms with E-state index in [2.05, 4.69) is 31.2 Å². The van der Waals surface area contributed by atoms with Gasteiger partial charge in [0.25, 0.3) is 5.56 Å². The molecule has 1 unspecified atom stereocenters. The van der Waals surface area contributed by atoms with Crippen molar-refractivity contribution in [3.8, 4) is 0 Å². The van der Waals surface area contributed by atoms with Crippen LogP contribution in [0.3, 0.4) is 0 Å². The third-order valence-corrected chi connectivity index (χ3v) is 2.83. The quantitative estimate of drug-likeness (QED) is 0.664. The standard InChI is InChI=1S/C10H16N2O2/c1-10(2,3)7-5-4-6-8(13)12-14-9(6)11-7/h7,11H,4-5H2,1-3H3,(H,12,13). The van der Waals surface area contributed by atoms with Crippen LogP contribution in [0, 0.1) is 5.41 Å². The Labute approximate surface area is 82.7 Å². The first-order valence-corrected chi connectivity index (χ1v) is 4.95. The fraction of sp³-hybridized carbons (Fsp3) is 0.700. The molecule has 2 heterocycles. The molecule has 0 bridgehead atoms. The molecule has 1 aromatic rings. The molecule has 14 heavy (non-hydrogen) atoms. The van der Waals surface area contributed by atoms with Crippen molar-refractivity contribution in [3.05, 3.63) is 15.9 Å². The Morgan fingerprint density at radius 3 is 2.79 bits per heavy atom. The van der Waals surface area contributed by atoms with Crippen molar-refractivity contribution in [2.45, 2.75) is 39.7 Å². The first-order chi connectivity index (χ1) is 6.48. The largest absolute Gasteiger partial charge is 0.361 e. The lowest BCUT2D eigenvalue weighted by molar-refractivity contribution is 0.308. The molecule has 4 heteroatoms. The average molecular weight is 196 g/mol. The van der Waals surface area contributed by atoms with E-state index in [9.17, 15) is 4.79 Å². The van der Waals surface area contributed by atoms with Gasteiger partial charge < -0.3 is 9.84 Å². The summed E-state index contributed by atoms with van der Waals surface area (Å²) in [6.45, 7) is 6.54. The van der Waals surface area contributed by atoms with E-state index in [1.807, 2.05) is 0 Å². The number of hydrogen-bond donors (Lipinski definition) is 2. The predicted molar refractivity (Wildman–Crippen MR) is 54.5 cm³/mol. The molecule has 1 atom stereocenters. The van der Waals surface area contributed by atoms with E-state index >= 15 is 0 Å². The van der Waals surface area contributed by atoms with Gasteiger partial charge >= 0.3 is 0 Å². The van der Waals surface area contributed by atoms with Crippen molar-refractivity contribution in [3.63, 3.8) is 0 Å². The number of nitrogens with one attached hydrogen (secondary N) is 2. The fourth-order valence-corrected chi connectivity index (χ4v) is 1.84. The van der Waals surface area contributed by atoms with E-state index < -0.39 is 0 Å². The molecular formula is C10H16N2O2. The number of aromatic amines is 1. The Bertz CT molecular complexity index is 384. The molecule has 1 aromatic heterocycles. The van der Waals surface area contributed by atoms with Crippen LogP contribution in [0.1, 0.15) is 32.8 Å². The van der Waals surface area contributed by atoms with Crippen LogP contribution in [-0.4, -0.2) is 11.2 Å². The highest BCUT2D eigenvalue weighted by Crippen LogP contribution is 2.31. The van der Waals surface area contributed by atoms with Crippen molar-refractivity contribution in [1.29, 1.82) is 0 Å². The van der Waals surface area contributed by atoms with Gasteiger partial charge in [-0.25, -0.2) is 0 Å². The van der Waals surface area contributed by atoms with Crippen molar-refractivity contribution in [2.24, 2.45) is 5.41 Å². The van der Waals surface area contributed by atoms with Gasteiger partial charge in [-0.15, -0.1) is 0 Å². The van der Waals surface area contributed by atoms with Gasteiger partial charge in [-0.3, -0.25) is 4.79 Å². The van der Waals surface area contributed by atoms with Crippen molar-refractivity contribution in [1.82, 2.24) is 5.16 Å². The Morgan fingerprint density at radius 2 is 2.14 bits per heavy atom. The SMILES string of the molecule is CC(C)(C)C1CCc2c(o[nH]c2=O)N1. The van der Waals surface area contributed by atoms with E-state index in [4.69, 9.17) is 4.52 Å². The number of anilines is 1. The number of hydrogen-bond acceptors (Lipinski definition) is 3. The minimum Gasteiger partial charge on any atom is -0.361 e. The van der Waals surface area contributed by atoms with Gasteiger partial charge in [-0.2, -0.15) is 5.16 Å². The third kappa shape index (κ3) is 1.45. The smallest absolute Gasteiger partial charge is 0.285 e. The van der Waals surface area contributed by atoms with E-state index in [0.29, 0.717) is 11.9 Å². The summed E-state index contributed by atoms with van der Waals surface area (Å²) in [5.74, 6) is 0.626. The van der Waals surface area contributed by atoms with E-state index in [1.54, 1.807) is 0 Å². The molecule has 1 aliphatic heterocycles. The van der Waals surface area contributed by atoms with Crippen LogP contribution in [0.15, 0.2) is 9.32 Å². The first kappa shape index (κ1) is 9.37. The second kappa shape index (κ2) is 2.90. The van der Waals surface area contributed by atoms with Crippen molar-refractivity contribution < 1.29 is 4.52 Å². The molecule has 0 radical (unpaired) electrons. The molecule has 4 nitrogen and oxygen atoms in total. The Hall–Kier alpha value is -1.19. The van der Waals surface area contributed by atoms with Crippen LogP contribution < -0.4 is 10.9 Å². The third-order valence-electron chi connectivity index (χ3n) is 2.83. The number of fused-ring (bicyclic) bond motifs is 1. The summed E-state index contributed by atoms with van der Waals surface area (Å²) in [6.07, 6.45) is 1.79. The minimum absolute atomic E-state index is 0.0974. The maximum atomic E-state index is 11.2. The molecule has 2 rings (SSSR count). The van der Waals surface area contributed by atoms with Gasteiger partial charge in [0.05, 0.1) is 5.56 Å². The summed E-state index contributed by atoms with van der Waals surface area (Å²) in [6, 6.07) is 0.369. The van der Waals surface area contributed by atoms with Crippen molar-refractivity contribution >= 4 is 5.88 Å². The molecule has 0 spiro atoms. The average Bonchev–Trinajstić information content (AvgIpc) is 2.46. The van der Waals surface area contributed by atoms with Gasteiger partial charge in [0.15, 0.2) is 0 Å². The maximum absolute atomic E-state index is 11.2. The molecule has 2 N–H and O–H groups in total. The van der Waals surface area contributed by atoms with Crippen molar-refractivity contribution in [2.75, 3.05) is 5.32 Å². The zero-order valence-electron chi connectivity index (χ0n) is 8.81. The van der Waals surface area contributed by atoms with Gasteiger partial charge in [0.2, 0.25) is 5.88 Å². The molecule has 0 saturated carbocycles. The summed E-state index contributed by atoms with van der Waals surface area (Å²) < 4.78 is 5.06. The highest BCUT2D eigenvalue weighted by molar-refractivity contribution is 5.43. The molecule has 78 valence electrons. The summed E-state index contributed by atoms with van der Waals surface area (Å²) in [7, 11) is 0. The van der Waals surface area contributed by atoms with Crippen LogP contribution in [0.2, 0.25) is 0 Å². The van der Waals surface area contributed by atoms with Gasteiger partial charge in [0, 0.05) is 6.04 Å². The van der Waals surface area contributed by atoms with Gasteiger partial charge in [-0.1, -0.05) is 20.8 Å². The van der Waals surface area contributed by atoms with E-state index in [1.165, 1.54) is 0 Å². The fourth-order valence-electron chi connectivity index (χ4n) is 1.84. The second-order valence-electron chi connectivity index (χ2n) is 4.94. The Morgan fingerprint density at radius 1 is 1.43 bits per heavy atom. The Kier molecular flexibility index (Phi) is 1.94. The number of rotatable bonds is 0.